The van der Waals surface area contributed by atoms with E-state index >= 15 is 4.39 Å². The zero-order valence-electron chi connectivity index (χ0n) is 23.1. The van der Waals surface area contributed by atoms with Gasteiger partial charge in [-0.1, -0.05) is 17.7 Å². The van der Waals surface area contributed by atoms with Crippen LogP contribution in [0.15, 0.2) is 30.3 Å². The minimum atomic E-state index is -4.26. The molecule has 2 aromatic rings. The number of benzene rings is 2. The summed E-state index contributed by atoms with van der Waals surface area (Å²) in [5, 5.41) is 8.06. The van der Waals surface area contributed by atoms with Crippen LogP contribution in [-0.4, -0.2) is 87.6 Å². The van der Waals surface area contributed by atoms with Gasteiger partial charge in [0.2, 0.25) is 5.91 Å². The lowest BCUT2D eigenvalue weighted by molar-refractivity contribution is -0.138. The van der Waals surface area contributed by atoms with Gasteiger partial charge >= 0.3 is 6.18 Å². The highest BCUT2D eigenvalue weighted by molar-refractivity contribution is 7.91. The molecule has 2 atom stereocenters. The molecule has 43 heavy (non-hydrogen) atoms. The third kappa shape index (κ3) is 8.55. The van der Waals surface area contributed by atoms with Gasteiger partial charge in [-0.2, -0.15) is 13.2 Å². The Balaban J connectivity index is 1.43. The molecule has 2 aromatic carbocycles. The average molecular weight is 652 g/mol. The predicted molar refractivity (Wildman–Crippen MR) is 152 cm³/mol. The summed E-state index contributed by atoms with van der Waals surface area (Å²) < 4.78 is 91.5. The molecule has 2 saturated heterocycles. The quantitative estimate of drug-likeness (QED) is 0.376. The number of piperazine rings is 1. The SMILES string of the molecule is C[C@@H]1CN(CCC(F)(F)F)CCN1c1cc(Cl)ccc1NC(=O)c1ccc(CNC(=O)[C@@H]2CS(=O)(=O)CCN2)c(F)c1F. The highest BCUT2D eigenvalue weighted by atomic mass is 35.5. The van der Waals surface area contributed by atoms with Gasteiger partial charge in [0.1, 0.15) is 6.04 Å². The fourth-order valence-electron chi connectivity index (χ4n) is 5.08. The Morgan fingerprint density at radius 1 is 1.12 bits per heavy atom. The first-order valence-corrected chi connectivity index (χ1v) is 15.7. The van der Waals surface area contributed by atoms with Gasteiger partial charge in [0.15, 0.2) is 21.5 Å². The first-order valence-electron chi connectivity index (χ1n) is 13.5. The van der Waals surface area contributed by atoms with Crippen molar-refractivity contribution in [3.8, 4) is 0 Å². The summed E-state index contributed by atoms with van der Waals surface area (Å²) in [6.07, 6.45) is -5.18. The third-order valence-electron chi connectivity index (χ3n) is 7.34. The number of nitrogens with one attached hydrogen (secondary N) is 3. The Morgan fingerprint density at radius 3 is 2.53 bits per heavy atom. The molecule has 2 heterocycles. The van der Waals surface area contributed by atoms with E-state index < -0.39 is 69.8 Å². The fraction of sp³-hybridized carbons (Fsp3) is 0.481. The van der Waals surface area contributed by atoms with Crippen LogP contribution in [0.25, 0.3) is 0 Å². The molecule has 236 valence electrons. The maximum Gasteiger partial charge on any atom is 0.390 e. The van der Waals surface area contributed by atoms with Crippen molar-refractivity contribution in [3.05, 3.63) is 58.1 Å². The zero-order valence-corrected chi connectivity index (χ0v) is 24.7. The van der Waals surface area contributed by atoms with Crippen LogP contribution in [0.2, 0.25) is 5.02 Å². The van der Waals surface area contributed by atoms with Crippen LogP contribution in [0.5, 0.6) is 0 Å². The molecule has 3 N–H and O–H groups in total. The van der Waals surface area contributed by atoms with E-state index in [9.17, 15) is 35.6 Å². The van der Waals surface area contributed by atoms with Gasteiger partial charge in [0.05, 0.1) is 34.9 Å². The van der Waals surface area contributed by atoms with Crippen LogP contribution >= 0.6 is 11.6 Å². The van der Waals surface area contributed by atoms with Gasteiger partial charge in [-0.05, 0) is 31.2 Å². The normalized spacial score (nSPS) is 21.0. The van der Waals surface area contributed by atoms with Crippen molar-refractivity contribution in [2.24, 2.45) is 0 Å². The molecule has 0 spiro atoms. The lowest BCUT2D eigenvalue weighted by Gasteiger charge is -2.42. The molecule has 2 aliphatic heterocycles. The molecule has 2 fully saturated rings. The highest BCUT2D eigenvalue weighted by Gasteiger charge is 2.32. The number of carbonyl (C=O) groups excluding carboxylic acids is 2. The first-order chi connectivity index (χ1) is 20.1. The van der Waals surface area contributed by atoms with Crippen LogP contribution in [0.3, 0.4) is 0 Å². The van der Waals surface area contributed by atoms with Crippen LogP contribution in [-0.2, 0) is 21.2 Å². The van der Waals surface area contributed by atoms with Gasteiger partial charge < -0.3 is 20.9 Å². The van der Waals surface area contributed by atoms with E-state index in [0.29, 0.717) is 30.3 Å². The summed E-state index contributed by atoms with van der Waals surface area (Å²) in [6.45, 7) is 2.36. The number of hydrogen-bond donors (Lipinski definition) is 3. The first kappa shape index (κ1) is 32.9. The van der Waals surface area contributed by atoms with Gasteiger partial charge in [-0.25, -0.2) is 17.2 Å². The third-order valence-corrected chi connectivity index (χ3v) is 9.24. The van der Waals surface area contributed by atoms with Crippen molar-refractivity contribution < 1.29 is 40.0 Å². The summed E-state index contributed by atoms with van der Waals surface area (Å²) in [6, 6.07) is 5.52. The summed E-state index contributed by atoms with van der Waals surface area (Å²) >= 11 is 6.20. The lowest BCUT2D eigenvalue weighted by Crippen LogP contribution is -2.53. The molecule has 2 aliphatic rings. The van der Waals surface area contributed by atoms with E-state index in [1.54, 1.807) is 11.0 Å². The fourth-order valence-corrected chi connectivity index (χ4v) is 6.62. The number of nitrogens with zero attached hydrogens (tertiary/aromatic N) is 2. The summed E-state index contributed by atoms with van der Waals surface area (Å²) in [5.41, 5.74) is -0.123. The molecule has 0 bridgehead atoms. The number of rotatable bonds is 8. The molecule has 2 amide bonds. The number of anilines is 2. The predicted octanol–water partition coefficient (Wildman–Crippen LogP) is 3.34. The maximum atomic E-state index is 15.0. The molecule has 0 aliphatic carbocycles. The minimum absolute atomic E-state index is 0.0969. The summed E-state index contributed by atoms with van der Waals surface area (Å²) in [4.78, 5) is 29.0. The van der Waals surface area contributed by atoms with Crippen molar-refractivity contribution in [2.75, 3.05) is 54.4 Å². The Hall–Kier alpha value is -3.01. The second kappa shape index (κ2) is 13.3. The van der Waals surface area contributed by atoms with E-state index in [1.165, 1.54) is 12.1 Å². The van der Waals surface area contributed by atoms with Crippen molar-refractivity contribution in [1.82, 2.24) is 15.5 Å². The topological polar surface area (TPSA) is 111 Å². The zero-order chi connectivity index (χ0) is 31.5. The second-order valence-corrected chi connectivity index (χ2v) is 13.2. The Labute approximate surface area is 250 Å². The molecular formula is C27H31ClF5N5O4S. The Bertz CT molecular complexity index is 1480. The number of hydrogen-bond acceptors (Lipinski definition) is 7. The lowest BCUT2D eigenvalue weighted by atomic mass is 10.1. The van der Waals surface area contributed by atoms with E-state index in [1.807, 2.05) is 11.8 Å². The largest absolute Gasteiger partial charge is 0.390 e. The molecule has 16 heteroatoms. The van der Waals surface area contributed by atoms with Crippen molar-refractivity contribution in [3.63, 3.8) is 0 Å². The minimum Gasteiger partial charge on any atom is -0.365 e. The number of halogens is 6. The molecule has 0 saturated carbocycles. The van der Waals surface area contributed by atoms with Crippen LogP contribution in [0.4, 0.5) is 33.3 Å². The van der Waals surface area contributed by atoms with Gasteiger partial charge in [0.25, 0.3) is 5.91 Å². The average Bonchev–Trinajstić information content (AvgIpc) is 2.92. The summed E-state index contributed by atoms with van der Waals surface area (Å²) in [5.74, 6) is -4.94. The molecule has 0 radical (unpaired) electrons. The number of amides is 2. The number of carbonyl (C=O) groups is 2. The monoisotopic (exact) mass is 651 g/mol. The van der Waals surface area contributed by atoms with Crippen LogP contribution in [0, 0.1) is 11.6 Å². The van der Waals surface area contributed by atoms with E-state index in [2.05, 4.69) is 16.0 Å². The Morgan fingerprint density at radius 2 is 1.86 bits per heavy atom. The molecule has 4 rings (SSSR count). The van der Waals surface area contributed by atoms with E-state index in [0.717, 1.165) is 12.1 Å². The van der Waals surface area contributed by atoms with E-state index in [4.69, 9.17) is 11.6 Å². The standard InChI is InChI=1S/C27H31ClF5N5O4S/c1-16-14-37(8-6-27(31,32)33)9-10-38(16)22-12-18(28)3-5-20(22)36-25(39)19-4-2-17(23(29)24(19)30)13-35-26(40)21-15-43(41,42)11-7-34-21/h2-5,12,16,21,34H,6-11,13-15H2,1H3,(H,35,40)(H,36,39)/t16-,21+/m1/s1. The van der Waals surface area contributed by atoms with Crippen molar-refractivity contribution in [2.45, 2.75) is 38.1 Å². The Kier molecular flexibility index (Phi) is 10.2. The van der Waals surface area contributed by atoms with Crippen LogP contribution in [0.1, 0.15) is 29.3 Å². The van der Waals surface area contributed by atoms with Crippen LogP contribution < -0.4 is 20.9 Å². The van der Waals surface area contributed by atoms with E-state index in [-0.39, 0.29) is 36.1 Å². The molecule has 0 aromatic heterocycles. The molecule has 0 unspecified atom stereocenters. The van der Waals surface area contributed by atoms with Crippen molar-refractivity contribution >= 4 is 44.6 Å². The van der Waals surface area contributed by atoms with Gasteiger partial charge in [-0.3, -0.25) is 14.5 Å². The molecule has 9 nitrogen and oxygen atoms in total. The maximum absolute atomic E-state index is 15.0. The summed E-state index contributed by atoms with van der Waals surface area (Å²) in [7, 11) is -3.39. The van der Waals surface area contributed by atoms with Crippen molar-refractivity contribution in [1.29, 1.82) is 0 Å². The molecular weight excluding hydrogens is 621 g/mol. The smallest absolute Gasteiger partial charge is 0.365 e. The van der Waals surface area contributed by atoms with Gasteiger partial charge in [-0.15, -0.1) is 0 Å². The second-order valence-electron chi connectivity index (χ2n) is 10.6. The van der Waals surface area contributed by atoms with Gasteiger partial charge in [0, 0.05) is 55.9 Å². The number of sulfone groups is 1. The highest BCUT2D eigenvalue weighted by Crippen LogP contribution is 2.33. The number of alkyl halides is 3.